The Hall–Kier alpha value is -3.73. The van der Waals surface area contributed by atoms with Crippen LogP contribution in [0.15, 0.2) is 35.8 Å². The largest absolute Gasteiger partial charge is 0.464 e. The van der Waals surface area contributed by atoms with Gasteiger partial charge in [-0.2, -0.15) is 0 Å². The van der Waals surface area contributed by atoms with E-state index in [-0.39, 0.29) is 23.2 Å². The fraction of sp³-hybridized carbons (Fsp3) is 0.423. The summed E-state index contributed by atoms with van der Waals surface area (Å²) in [5, 5.41) is 4.84. The highest BCUT2D eigenvalue weighted by Gasteiger charge is 2.35. The summed E-state index contributed by atoms with van der Waals surface area (Å²) in [4.78, 5) is 54.4. The number of hydrogen-bond donors (Lipinski definition) is 1. The van der Waals surface area contributed by atoms with Crippen LogP contribution < -0.4 is 5.32 Å². The number of carbonyl (C=O) groups excluding carboxylic acids is 4. The molecule has 0 bridgehead atoms. The van der Waals surface area contributed by atoms with Crippen LogP contribution in [0.25, 0.3) is 10.9 Å². The van der Waals surface area contributed by atoms with E-state index in [1.807, 2.05) is 0 Å². The predicted octanol–water partition coefficient (Wildman–Crippen LogP) is 4.56. The summed E-state index contributed by atoms with van der Waals surface area (Å²) >= 11 is 1.04. The Balaban J connectivity index is 1.83. The van der Waals surface area contributed by atoms with Crippen molar-refractivity contribution in [1.29, 1.82) is 0 Å². The van der Waals surface area contributed by atoms with Gasteiger partial charge in [-0.3, -0.25) is 4.79 Å². The molecule has 0 unspecified atom stereocenters. The number of rotatable bonds is 7. The number of hydrogen-bond acceptors (Lipinski definition) is 9. The normalized spacial score (nSPS) is 12.6. The number of methoxy groups -OCH3 is 1. The van der Waals surface area contributed by atoms with Crippen molar-refractivity contribution < 1.29 is 33.4 Å². The van der Waals surface area contributed by atoms with E-state index in [1.165, 1.54) is 12.5 Å². The van der Waals surface area contributed by atoms with Crippen LogP contribution >= 0.6 is 11.3 Å². The first kappa shape index (κ1) is 27.9. The maximum Gasteiger partial charge on any atom is 0.408 e. The van der Waals surface area contributed by atoms with Crippen molar-refractivity contribution in [3.63, 3.8) is 0 Å². The van der Waals surface area contributed by atoms with Crippen LogP contribution in [0.5, 0.6) is 0 Å². The lowest BCUT2D eigenvalue weighted by Crippen LogP contribution is -2.51. The number of thiazole rings is 1. The van der Waals surface area contributed by atoms with Gasteiger partial charge in [-0.25, -0.2) is 19.4 Å². The first-order valence-electron chi connectivity index (χ1n) is 11.5. The fourth-order valence-corrected chi connectivity index (χ4v) is 4.24. The molecule has 1 atom stereocenters. The van der Waals surface area contributed by atoms with Gasteiger partial charge in [-0.1, -0.05) is 39.0 Å². The quantitative estimate of drug-likeness (QED) is 0.268. The summed E-state index contributed by atoms with van der Waals surface area (Å²) in [6.07, 6.45) is 0.853. The smallest absolute Gasteiger partial charge is 0.408 e. The molecule has 37 heavy (non-hydrogen) atoms. The number of ether oxygens (including phenoxy) is 3. The van der Waals surface area contributed by atoms with Gasteiger partial charge in [0.25, 0.3) is 0 Å². The third-order valence-corrected chi connectivity index (χ3v) is 6.08. The molecule has 198 valence electrons. The second kappa shape index (κ2) is 10.7. The Kier molecular flexibility index (Phi) is 8.06. The molecule has 2 heterocycles. The Morgan fingerprint density at radius 1 is 1.08 bits per heavy atom. The Morgan fingerprint density at radius 3 is 2.38 bits per heavy atom. The van der Waals surface area contributed by atoms with Gasteiger partial charge >= 0.3 is 18.0 Å². The number of alkyl carbamates (subject to hydrolysis) is 1. The molecule has 0 aliphatic rings. The molecule has 3 rings (SSSR count). The molecule has 1 amide bonds. The molecule has 3 aromatic rings. The molecule has 0 radical (unpaired) electrons. The molecule has 0 aliphatic heterocycles. The zero-order valence-electron chi connectivity index (χ0n) is 21.9. The summed E-state index contributed by atoms with van der Waals surface area (Å²) in [6.45, 7) is 10.4. The first-order chi connectivity index (χ1) is 17.2. The number of aromatic nitrogens is 2. The third-order valence-electron chi connectivity index (χ3n) is 5.23. The summed E-state index contributed by atoms with van der Waals surface area (Å²) in [7, 11) is 1.24. The number of para-hydroxylation sites is 1. The zero-order valence-corrected chi connectivity index (χ0v) is 22.7. The van der Waals surface area contributed by atoms with E-state index >= 15 is 0 Å². The molecule has 11 heteroatoms. The highest BCUT2D eigenvalue weighted by atomic mass is 32.1. The van der Waals surface area contributed by atoms with Gasteiger partial charge in [0.15, 0.2) is 17.4 Å². The highest BCUT2D eigenvalue weighted by Crippen LogP contribution is 2.26. The molecule has 0 aliphatic carbocycles. The molecular weight excluding hydrogens is 498 g/mol. The molecule has 0 fully saturated rings. The van der Waals surface area contributed by atoms with Crippen molar-refractivity contribution in [1.82, 2.24) is 14.9 Å². The second-order valence-corrected chi connectivity index (χ2v) is 11.3. The van der Waals surface area contributed by atoms with Gasteiger partial charge in [0.2, 0.25) is 5.78 Å². The molecule has 0 saturated carbocycles. The minimum atomic E-state index is -0.975. The van der Waals surface area contributed by atoms with Crippen LogP contribution in [0.2, 0.25) is 0 Å². The van der Waals surface area contributed by atoms with Crippen LogP contribution in [0, 0.1) is 5.41 Å². The van der Waals surface area contributed by atoms with Crippen LogP contribution in [0.4, 0.5) is 4.79 Å². The van der Waals surface area contributed by atoms with Gasteiger partial charge in [-0.05, 0) is 32.3 Å². The van der Waals surface area contributed by atoms with Crippen LogP contribution in [0.3, 0.4) is 0 Å². The lowest BCUT2D eigenvalue weighted by molar-refractivity contribution is -0.152. The third kappa shape index (κ3) is 6.73. The SMILES string of the molecule is COC(=O)c1csc(C(=O)c2cn(COC(=O)[C@@H](NC(=O)OC(C)(C)C)C(C)(C)C)c3ccccc23)n1. The highest BCUT2D eigenvalue weighted by molar-refractivity contribution is 7.12. The number of nitrogens with one attached hydrogen (secondary N) is 1. The van der Waals surface area contributed by atoms with Crippen LogP contribution in [-0.2, 0) is 25.7 Å². The lowest BCUT2D eigenvalue weighted by Gasteiger charge is -2.30. The average molecular weight is 530 g/mol. The van der Waals surface area contributed by atoms with Gasteiger partial charge in [0.1, 0.15) is 11.6 Å². The van der Waals surface area contributed by atoms with E-state index in [0.29, 0.717) is 16.5 Å². The van der Waals surface area contributed by atoms with Gasteiger partial charge in [0, 0.05) is 17.0 Å². The first-order valence-corrected chi connectivity index (χ1v) is 12.4. The number of carbonyl (C=O) groups is 4. The minimum absolute atomic E-state index is 0.0548. The molecule has 0 spiro atoms. The van der Waals surface area contributed by atoms with Crippen LogP contribution in [0.1, 0.15) is 67.4 Å². The van der Waals surface area contributed by atoms with Crippen LogP contribution in [-0.4, -0.2) is 52.1 Å². The molecule has 10 nitrogen and oxygen atoms in total. The van der Waals surface area contributed by atoms with Gasteiger partial charge in [-0.15, -0.1) is 11.3 Å². The zero-order chi connectivity index (χ0) is 27.5. The second-order valence-electron chi connectivity index (χ2n) is 10.4. The summed E-state index contributed by atoms with van der Waals surface area (Å²) < 4.78 is 17.2. The van der Waals surface area contributed by atoms with Crippen molar-refractivity contribution in [2.24, 2.45) is 5.41 Å². The van der Waals surface area contributed by atoms with Crippen molar-refractivity contribution in [3.8, 4) is 0 Å². The maximum atomic E-state index is 13.2. The Bertz CT molecular complexity index is 1330. The number of nitrogens with zero attached hydrogens (tertiary/aromatic N) is 2. The van der Waals surface area contributed by atoms with E-state index < -0.39 is 35.1 Å². The summed E-state index contributed by atoms with van der Waals surface area (Å²) in [6, 6.07) is 6.18. The van der Waals surface area contributed by atoms with Gasteiger partial charge < -0.3 is 24.1 Å². The van der Waals surface area contributed by atoms with Crippen molar-refractivity contribution in [2.45, 2.75) is 59.9 Å². The monoisotopic (exact) mass is 529 g/mol. The topological polar surface area (TPSA) is 126 Å². The molecule has 1 aromatic carbocycles. The van der Waals surface area contributed by atoms with Crippen molar-refractivity contribution in [3.05, 3.63) is 52.1 Å². The number of amides is 1. The number of fused-ring (bicyclic) bond motifs is 1. The summed E-state index contributed by atoms with van der Waals surface area (Å²) in [5.74, 6) is -1.65. The predicted molar refractivity (Wildman–Crippen MR) is 138 cm³/mol. The molecule has 1 N–H and O–H groups in total. The Morgan fingerprint density at radius 2 is 1.76 bits per heavy atom. The van der Waals surface area contributed by atoms with E-state index in [1.54, 1.807) is 76.6 Å². The maximum absolute atomic E-state index is 13.2. The van der Waals surface area contributed by atoms with Gasteiger partial charge in [0.05, 0.1) is 18.2 Å². The fourth-order valence-electron chi connectivity index (χ4n) is 3.50. The number of benzene rings is 1. The summed E-state index contributed by atoms with van der Waals surface area (Å²) in [5.41, 5.74) is -0.319. The molecule has 0 saturated heterocycles. The number of esters is 2. The van der Waals surface area contributed by atoms with E-state index in [9.17, 15) is 19.2 Å². The standard InChI is InChI=1S/C26H31N3O7S/c1-25(2,3)20(28-24(33)36-26(4,5)6)23(32)35-14-29-12-16(15-10-8-9-11-18(15)29)19(30)21-27-17(13-37-21)22(31)34-7/h8-13,20H,14H2,1-7H3,(H,28,33)/t20-/m1/s1. The average Bonchev–Trinajstić information content (AvgIpc) is 3.44. The minimum Gasteiger partial charge on any atom is -0.464 e. The molecule has 2 aromatic heterocycles. The number of ketones is 1. The van der Waals surface area contributed by atoms with Crippen molar-refractivity contribution >= 4 is 46.1 Å². The molecular formula is C26H31N3O7S. The van der Waals surface area contributed by atoms with E-state index in [2.05, 4.69) is 15.0 Å². The van der Waals surface area contributed by atoms with E-state index in [4.69, 9.17) is 9.47 Å². The lowest BCUT2D eigenvalue weighted by atomic mass is 9.87. The van der Waals surface area contributed by atoms with Crippen molar-refractivity contribution in [2.75, 3.05) is 7.11 Å². The van der Waals surface area contributed by atoms with E-state index in [0.717, 1.165) is 11.3 Å². The Labute approximate surface area is 218 Å².